The number of furan rings is 1. The average Bonchev–Trinajstić information content (AvgIpc) is 2.34. The molecule has 1 aromatic rings. The molecule has 1 heterocycles. The predicted octanol–water partition coefficient (Wildman–Crippen LogP) is 2.70. The Morgan fingerprint density at radius 1 is 1.69 bits per heavy atom. The van der Waals surface area contributed by atoms with Crippen LogP contribution in [0.15, 0.2) is 21.2 Å². The highest BCUT2D eigenvalue weighted by molar-refractivity contribution is 9.10. The van der Waals surface area contributed by atoms with Crippen LogP contribution in [0.4, 0.5) is 0 Å². The van der Waals surface area contributed by atoms with Crippen LogP contribution in [-0.4, -0.2) is 11.1 Å². The first-order valence-corrected chi connectivity index (χ1v) is 4.67. The summed E-state index contributed by atoms with van der Waals surface area (Å²) in [5.41, 5.74) is -0.780. The van der Waals surface area contributed by atoms with Crippen molar-refractivity contribution in [2.45, 2.75) is 20.3 Å². The van der Waals surface area contributed by atoms with Crippen molar-refractivity contribution in [2.75, 3.05) is 0 Å². The number of aliphatic carboxylic acids is 1. The molecule has 0 fully saturated rings. The highest BCUT2D eigenvalue weighted by atomic mass is 79.9. The molecule has 0 aliphatic heterocycles. The molecule has 0 aliphatic rings. The molecule has 3 nitrogen and oxygen atoms in total. The number of rotatable bonds is 3. The van der Waals surface area contributed by atoms with Crippen LogP contribution in [0.25, 0.3) is 0 Å². The fourth-order valence-corrected chi connectivity index (χ4v) is 1.31. The van der Waals surface area contributed by atoms with E-state index in [0.717, 1.165) is 4.47 Å². The minimum Gasteiger partial charge on any atom is -0.481 e. The van der Waals surface area contributed by atoms with Crippen LogP contribution < -0.4 is 0 Å². The molecule has 0 bridgehead atoms. The lowest BCUT2D eigenvalue weighted by molar-refractivity contribution is -0.147. The van der Waals surface area contributed by atoms with Crippen LogP contribution in [-0.2, 0) is 11.2 Å². The maximum Gasteiger partial charge on any atom is 0.309 e. The van der Waals surface area contributed by atoms with Gasteiger partial charge in [-0.3, -0.25) is 4.79 Å². The van der Waals surface area contributed by atoms with Crippen molar-refractivity contribution in [2.24, 2.45) is 5.41 Å². The summed E-state index contributed by atoms with van der Waals surface area (Å²) in [4.78, 5) is 10.8. The summed E-state index contributed by atoms with van der Waals surface area (Å²) in [5, 5.41) is 8.86. The van der Waals surface area contributed by atoms with E-state index in [1.54, 1.807) is 26.2 Å². The van der Waals surface area contributed by atoms with Crippen molar-refractivity contribution < 1.29 is 14.3 Å². The van der Waals surface area contributed by atoms with E-state index in [1.807, 2.05) is 0 Å². The van der Waals surface area contributed by atoms with Gasteiger partial charge in [0.25, 0.3) is 0 Å². The van der Waals surface area contributed by atoms with Crippen molar-refractivity contribution in [1.29, 1.82) is 0 Å². The maximum atomic E-state index is 10.8. The zero-order valence-corrected chi connectivity index (χ0v) is 9.09. The van der Waals surface area contributed by atoms with E-state index in [9.17, 15) is 4.79 Å². The van der Waals surface area contributed by atoms with Crippen molar-refractivity contribution in [3.05, 3.63) is 22.6 Å². The van der Waals surface area contributed by atoms with E-state index in [4.69, 9.17) is 9.52 Å². The van der Waals surface area contributed by atoms with E-state index >= 15 is 0 Å². The van der Waals surface area contributed by atoms with Gasteiger partial charge >= 0.3 is 5.97 Å². The van der Waals surface area contributed by atoms with E-state index < -0.39 is 11.4 Å². The summed E-state index contributed by atoms with van der Waals surface area (Å²) in [6.07, 6.45) is 1.95. The minimum absolute atomic E-state index is 0.397. The van der Waals surface area contributed by atoms with Gasteiger partial charge in [0.05, 0.1) is 9.89 Å². The second-order valence-electron chi connectivity index (χ2n) is 3.60. The summed E-state index contributed by atoms with van der Waals surface area (Å²) in [7, 11) is 0. The van der Waals surface area contributed by atoms with E-state index in [1.165, 1.54) is 0 Å². The molecule has 0 aromatic carbocycles. The third kappa shape index (κ3) is 2.59. The predicted molar refractivity (Wildman–Crippen MR) is 51.5 cm³/mol. The first-order valence-electron chi connectivity index (χ1n) is 3.88. The van der Waals surface area contributed by atoms with Gasteiger partial charge in [-0.2, -0.15) is 0 Å². The Hall–Kier alpha value is -0.770. The molecule has 13 heavy (non-hydrogen) atoms. The standard InChI is InChI=1S/C9H11BrO3/c1-9(2,8(11)12)4-7-3-6(10)5-13-7/h3,5H,4H2,1-2H3,(H,11,12). The zero-order valence-electron chi connectivity index (χ0n) is 7.50. The monoisotopic (exact) mass is 246 g/mol. The third-order valence-electron chi connectivity index (χ3n) is 1.82. The topological polar surface area (TPSA) is 50.4 Å². The molecule has 0 saturated heterocycles. The van der Waals surface area contributed by atoms with Gasteiger partial charge in [0.15, 0.2) is 0 Å². The second kappa shape index (κ2) is 3.54. The number of hydrogen-bond donors (Lipinski definition) is 1. The average molecular weight is 247 g/mol. The van der Waals surface area contributed by atoms with Gasteiger partial charge < -0.3 is 9.52 Å². The molecule has 1 rings (SSSR count). The SMILES string of the molecule is CC(C)(Cc1cc(Br)co1)C(=O)O. The van der Waals surface area contributed by atoms with Gasteiger partial charge in [0.2, 0.25) is 0 Å². The Kier molecular flexibility index (Phi) is 2.81. The molecule has 0 atom stereocenters. The zero-order chi connectivity index (χ0) is 10.1. The molecule has 0 spiro atoms. The Morgan fingerprint density at radius 3 is 2.69 bits per heavy atom. The fourth-order valence-electron chi connectivity index (χ4n) is 0.958. The van der Waals surface area contributed by atoms with Gasteiger partial charge in [-0.05, 0) is 35.8 Å². The smallest absolute Gasteiger partial charge is 0.309 e. The number of hydrogen-bond acceptors (Lipinski definition) is 2. The largest absolute Gasteiger partial charge is 0.481 e. The molecule has 72 valence electrons. The van der Waals surface area contributed by atoms with Crippen LogP contribution in [0.3, 0.4) is 0 Å². The van der Waals surface area contributed by atoms with Gasteiger partial charge in [-0.15, -0.1) is 0 Å². The third-order valence-corrected chi connectivity index (χ3v) is 2.23. The summed E-state index contributed by atoms with van der Waals surface area (Å²) < 4.78 is 5.98. The molecule has 1 N–H and O–H groups in total. The van der Waals surface area contributed by atoms with Crippen molar-refractivity contribution in [3.8, 4) is 0 Å². The first-order chi connectivity index (χ1) is 5.92. The molecule has 0 radical (unpaired) electrons. The molecule has 4 heteroatoms. The van der Waals surface area contributed by atoms with Crippen molar-refractivity contribution >= 4 is 21.9 Å². The molecular formula is C9H11BrO3. The van der Waals surface area contributed by atoms with Crippen LogP contribution >= 0.6 is 15.9 Å². The van der Waals surface area contributed by atoms with Crippen molar-refractivity contribution in [3.63, 3.8) is 0 Å². The summed E-state index contributed by atoms with van der Waals surface area (Å²) >= 11 is 3.24. The normalized spacial score (nSPS) is 11.6. The Balaban J connectivity index is 2.74. The number of carboxylic acids is 1. The maximum absolute atomic E-state index is 10.8. The van der Waals surface area contributed by atoms with Gasteiger partial charge in [0, 0.05) is 6.42 Å². The first kappa shape index (κ1) is 10.3. The molecule has 0 aliphatic carbocycles. The fraction of sp³-hybridized carbons (Fsp3) is 0.444. The second-order valence-corrected chi connectivity index (χ2v) is 4.51. The summed E-state index contributed by atoms with van der Waals surface area (Å²) in [6.45, 7) is 3.34. The minimum atomic E-state index is -0.819. The van der Waals surface area contributed by atoms with Crippen molar-refractivity contribution in [1.82, 2.24) is 0 Å². The number of carboxylic acid groups (broad SMARTS) is 1. The molecule has 1 aromatic heterocycles. The Bertz CT molecular complexity index is 314. The molecule has 0 unspecified atom stereocenters. The molecular weight excluding hydrogens is 236 g/mol. The Morgan fingerprint density at radius 2 is 2.31 bits per heavy atom. The van der Waals surface area contributed by atoms with E-state index in [-0.39, 0.29) is 0 Å². The lowest BCUT2D eigenvalue weighted by Gasteiger charge is -2.16. The van der Waals surface area contributed by atoms with Gasteiger partial charge in [-0.25, -0.2) is 0 Å². The number of halogens is 1. The van der Waals surface area contributed by atoms with Gasteiger partial charge in [0.1, 0.15) is 12.0 Å². The Labute approximate surface area is 84.9 Å². The van der Waals surface area contributed by atoms with Crippen LogP contribution in [0.1, 0.15) is 19.6 Å². The summed E-state index contributed by atoms with van der Waals surface area (Å²) in [5.74, 6) is -0.140. The van der Waals surface area contributed by atoms with E-state index in [2.05, 4.69) is 15.9 Å². The van der Waals surface area contributed by atoms with Crippen LogP contribution in [0.5, 0.6) is 0 Å². The lowest BCUT2D eigenvalue weighted by Crippen LogP contribution is -2.25. The number of carbonyl (C=O) groups is 1. The summed E-state index contributed by atoms with van der Waals surface area (Å²) in [6, 6.07) is 1.78. The van der Waals surface area contributed by atoms with Gasteiger partial charge in [-0.1, -0.05) is 0 Å². The highest BCUT2D eigenvalue weighted by Gasteiger charge is 2.28. The van der Waals surface area contributed by atoms with Crippen LogP contribution in [0.2, 0.25) is 0 Å². The van der Waals surface area contributed by atoms with Crippen LogP contribution in [0, 0.1) is 5.41 Å². The van der Waals surface area contributed by atoms with E-state index in [0.29, 0.717) is 12.2 Å². The quantitative estimate of drug-likeness (QED) is 0.893. The molecule has 0 amide bonds. The molecule has 0 saturated carbocycles. The lowest BCUT2D eigenvalue weighted by atomic mass is 9.88. The highest BCUT2D eigenvalue weighted by Crippen LogP contribution is 2.24.